The summed E-state index contributed by atoms with van der Waals surface area (Å²) in [4.78, 5) is 34.0. The molecule has 4 N–H and O–H groups in total. The second kappa shape index (κ2) is 20.0. The Balaban J connectivity index is 0.000000184. The van der Waals surface area contributed by atoms with Crippen LogP contribution in [0.5, 0.6) is 0 Å². The molecule has 6 heterocycles. The number of hydrogen-bond acceptors (Lipinski definition) is 15. The van der Waals surface area contributed by atoms with Crippen molar-refractivity contribution in [2.24, 2.45) is 0 Å². The maximum atomic E-state index is 14.7. The minimum Gasteiger partial charge on any atom is -0.352 e. The van der Waals surface area contributed by atoms with Gasteiger partial charge in [-0.1, -0.05) is 23.7 Å². The maximum Gasteiger partial charge on any atom is 0.229 e. The van der Waals surface area contributed by atoms with Gasteiger partial charge >= 0.3 is 0 Å². The number of aromatic nitrogens is 6. The number of piperazine rings is 2. The second-order valence-electron chi connectivity index (χ2n) is 14.3. The van der Waals surface area contributed by atoms with E-state index in [2.05, 4.69) is 74.1 Å². The zero-order valence-electron chi connectivity index (χ0n) is 33.5. The van der Waals surface area contributed by atoms with Gasteiger partial charge in [0.2, 0.25) is 11.9 Å². The van der Waals surface area contributed by atoms with Gasteiger partial charge in [0.25, 0.3) is 0 Å². The van der Waals surface area contributed by atoms with Gasteiger partial charge in [-0.15, -0.1) is 0 Å². The van der Waals surface area contributed by atoms with E-state index in [1.165, 1.54) is 24.3 Å². The fraction of sp³-hybridized carbons (Fsp3) is 0.262. The van der Waals surface area contributed by atoms with Crippen LogP contribution < -0.4 is 31.1 Å². The predicted molar refractivity (Wildman–Crippen MR) is 232 cm³/mol. The Morgan fingerprint density at radius 2 is 1.10 bits per heavy atom. The van der Waals surface area contributed by atoms with Crippen LogP contribution in [0.4, 0.5) is 71.1 Å². The Labute approximate surface area is 356 Å². The molecule has 2 saturated heterocycles. The maximum absolute atomic E-state index is 14.7. The van der Waals surface area contributed by atoms with Crippen LogP contribution in [-0.2, 0) is 6.42 Å². The third-order valence-corrected chi connectivity index (χ3v) is 10.0. The van der Waals surface area contributed by atoms with Gasteiger partial charge in [-0.2, -0.15) is 15.2 Å². The van der Waals surface area contributed by atoms with Crippen LogP contribution in [0.2, 0.25) is 5.02 Å². The predicted octanol–water partition coefficient (Wildman–Crippen LogP) is 7.36. The van der Waals surface area contributed by atoms with E-state index in [1.807, 2.05) is 41.1 Å². The molecule has 0 radical (unpaired) electrons. The SMILES string of the molecule is CN1CCN(c2ncc(Nc3nccc(Nc4ccc(F)c(Cl)c4)n3)cc2F)CC1.CN1CCN(c2ncc(Nc3nccc(Nc4cccc(CC#N)c4)n3)cc2F)CC1. The number of nitriles is 1. The summed E-state index contributed by atoms with van der Waals surface area (Å²) in [6.07, 6.45) is 6.64. The number of halogens is 4. The molecule has 0 amide bonds. The van der Waals surface area contributed by atoms with Gasteiger partial charge in [0.1, 0.15) is 17.5 Å². The summed E-state index contributed by atoms with van der Waals surface area (Å²) in [7, 11) is 4.10. The number of nitrogens with one attached hydrogen (secondary N) is 4. The minimum atomic E-state index is -0.498. The number of nitrogens with zero attached hydrogens (tertiary/aromatic N) is 11. The van der Waals surface area contributed by atoms with E-state index in [0.29, 0.717) is 52.7 Å². The van der Waals surface area contributed by atoms with Crippen molar-refractivity contribution in [3.63, 3.8) is 0 Å². The molecule has 314 valence electrons. The average molecular weight is 850 g/mol. The second-order valence-corrected chi connectivity index (χ2v) is 14.7. The number of pyridine rings is 2. The van der Waals surface area contributed by atoms with Crippen molar-refractivity contribution in [2.45, 2.75) is 6.42 Å². The lowest BCUT2D eigenvalue weighted by Crippen LogP contribution is -2.45. The smallest absolute Gasteiger partial charge is 0.229 e. The van der Waals surface area contributed by atoms with Crippen molar-refractivity contribution >= 4 is 69.5 Å². The highest BCUT2D eigenvalue weighted by Gasteiger charge is 2.20. The van der Waals surface area contributed by atoms with Gasteiger partial charge in [-0.25, -0.2) is 33.1 Å². The standard InChI is InChI=1S/C22H23FN8.C20H20ClF2N7/c1-30-9-11-31(12-10-30)21-19(23)14-18(15-26-21)28-22-25-8-6-20(29-22)27-17-4-2-3-16(13-17)5-7-24;1-29-6-8-30(9-7-29)19-17(23)11-14(12-25-19)27-20-24-5-4-18(28-20)26-13-2-3-16(22)15(21)10-13/h2-4,6,8,13-15H,5,9-12H2,1H3,(H2,25,27,28,29);2-5,10-12H,6-9H2,1H3,(H2,24,26,27,28). The van der Waals surface area contributed by atoms with Gasteiger partial charge in [0.15, 0.2) is 23.3 Å². The number of hydrogen-bond donors (Lipinski definition) is 4. The minimum absolute atomic E-state index is 0.00870. The molecule has 2 fully saturated rings. The molecule has 19 heteroatoms. The van der Waals surface area contributed by atoms with Crippen LogP contribution in [-0.4, -0.2) is 106 Å². The van der Waals surface area contributed by atoms with E-state index in [4.69, 9.17) is 16.9 Å². The van der Waals surface area contributed by atoms with Gasteiger partial charge in [0, 0.05) is 88.3 Å². The fourth-order valence-corrected chi connectivity index (χ4v) is 6.64. The fourth-order valence-electron chi connectivity index (χ4n) is 6.46. The molecular formula is C42H43ClF3N15. The molecule has 0 atom stereocenters. The van der Waals surface area contributed by atoms with Crippen molar-refractivity contribution in [1.29, 1.82) is 5.26 Å². The molecule has 2 aliphatic heterocycles. The van der Waals surface area contributed by atoms with Gasteiger partial charge in [-0.3, -0.25) is 0 Å². The van der Waals surface area contributed by atoms with Crippen molar-refractivity contribution < 1.29 is 13.2 Å². The molecule has 2 aliphatic rings. The molecule has 0 aliphatic carbocycles. The Kier molecular flexibility index (Phi) is 13.8. The van der Waals surface area contributed by atoms with Crippen LogP contribution in [0.1, 0.15) is 5.56 Å². The first-order chi connectivity index (χ1) is 29.6. The molecule has 6 aromatic rings. The summed E-state index contributed by atoms with van der Waals surface area (Å²) < 4.78 is 42.6. The third kappa shape index (κ3) is 11.7. The van der Waals surface area contributed by atoms with Crippen LogP contribution in [0.15, 0.2) is 91.5 Å². The molecule has 4 aromatic heterocycles. The molecule has 0 spiro atoms. The van der Waals surface area contributed by atoms with E-state index >= 15 is 0 Å². The molecule has 2 aromatic carbocycles. The van der Waals surface area contributed by atoms with E-state index in [0.717, 1.165) is 63.6 Å². The summed E-state index contributed by atoms with van der Waals surface area (Å²) in [5, 5.41) is 21.0. The van der Waals surface area contributed by atoms with Gasteiger partial charge < -0.3 is 40.9 Å². The van der Waals surface area contributed by atoms with Crippen molar-refractivity contribution in [1.82, 2.24) is 39.7 Å². The Bertz CT molecular complexity index is 2470. The quantitative estimate of drug-likeness (QED) is 0.102. The summed E-state index contributed by atoms with van der Waals surface area (Å²) in [6, 6.07) is 20.2. The van der Waals surface area contributed by atoms with E-state index in [9.17, 15) is 13.2 Å². The van der Waals surface area contributed by atoms with Crippen LogP contribution in [0, 0.1) is 28.8 Å². The number of anilines is 10. The van der Waals surface area contributed by atoms with E-state index in [-0.39, 0.29) is 16.8 Å². The first-order valence-electron chi connectivity index (χ1n) is 19.4. The zero-order valence-corrected chi connectivity index (χ0v) is 34.2. The summed E-state index contributed by atoms with van der Waals surface area (Å²) in [5.74, 6) is 1.07. The van der Waals surface area contributed by atoms with Gasteiger partial charge in [-0.05, 0) is 62.1 Å². The van der Waals surface area contributed by atoms with Crippen molar-refractivity contribution in [3.8, 4) is 6.07 Å². The molecule has 0 unspecified atom stereocenters. The topological polar surface area (TPSA) is 162 Å². The Hall–Kier alpha value is -6.81. The van der Waals surface area contributed by atoms with Gasteiger partial charge in [0.05, 0.1) is 41.3 Å². The highest BCUT2D eigenvalue weighted by atomic mass is 35.5. The average Bonchev–Trinajstić information content (AvgIpc) is 3.24. The number of rotatable bonds is 11. The van der Waals surface area contributed by atoms with Crippen LogP contribution in [0.25, 0.3) is 0 Å². The summed E-state index contributed by atoms with van der Waals surface area (Å²) >= 11 is 5.80. The summed E-state index contributed by atoms with van der Waals surface area (Å²) in [5.41, 5.74) is 3.23. The molecule has 61 heavy (non-hydrogen) atoms. The molecule has 0 saturated carbocycles. The van der Waals surface area contributed by atoms with Crippen molar-refractivity contribution in [3.05, 3.63) is 120 Å². The Morgan fingerprint density at radius 1 is 0.590 bits per heavy atom. The van der Waals surface area contributed by atoms with E-state index < -0.39 is 11.6 Å². The molecule has 0 bridgehead atoms. The lowest BCUT2D eigenvalue weighted by molar-refractivity contribution is 0.311. The third-order valence-electron chi connectivity index (χ3n) is 9.75. The lowest BCUT2D eigenvalue weighted by atomic mass is 10.1. The first-order valence-corrected chi connectivity index (χ1v) is 19.8. The van der Waals surface area contributed by atoms with Crippen LogP contribution in [0.3, 0.4) is 0 Å². The molecule has 15 nitrogen and oxygen atoms in total. The largest absolute Gasteiger partial charge is 0.352 e. The number of benzene rings is 2. The first kappa shape index (κ1) is 42.3. The lowest BCUT2D eigenvalue weighted by Gasteiger charge is -2.33. The highest BCUT2D eigenvalue weighted by Crippen LogP contribution is 2.26. The van der Waals surface area contributed by atoms with Crippen molar-refractivity contribution in [2.75, 3.05) is 97.5 Å². The zero-order chi connectivity index (χ0) is 42.7. The van der Waals surface area contributed by atoms with E-state index in [1.54, 1.807) is 43.0 Å². The van der Waals surface area contributed by atoms with Crippen LogP contribution >= 0.6 is 11.6 Å². The summed E-state index contributed by atoms with van der Waals surface area (Å²) in [6.45, 7) is 6.47. The Morgan fingerprint density at radius 3 is 1.57 bits per heavy atom. The highest BCUT2D eigenvalue weighted by molar-refractivity contribution is 6.31. The molecule has 8 rings (SSSR count). The normalized spacial score (nSPS) is 14.4. The molecular weight excluding hydrogens is 807 g/mol. The number of likely N-dealkylation sites (N-methyl/N-ethyl adjacent to an activating group) is 2. The monoisotopic (exact) mass is 849 g/mol.